The van der Waals surface area contributed by atoms with Crippen molar-refractivity contribution in [3.63, 3.8) is 0 Å². The van der Waals surface area contributed by atoms with Crippen LogP contribution in [0.2, 0.25) is 10.0 Å². The van der Waals surface area contributed by atoms with Crippen molar-refractivity contribution in [3.8, 4) is 11.3 Å². The molecule has 154 valence electrons. The summed E-state index contributed by atoms with van der Waals surface area (Å²) in [5.74, 6) is 0.631. The number of nitrogens with zero attached hydrogens (tertiary/aromatic N) is 1. The van der Waals surface area contributed by atoms with Crippen molar-refractivity contribution < 1.29 is 14.0 Å². The number of aromatic nitrogens is 1. The zero-order valence-corrected chi connectivity index (χ0v) is 17.5. The van der Waals surface area contributed by atoms with Crippen LogP contribution in [-0.4, -0.2) is 22.8 Å². The number of anilines is 1. The van der Waals surface area contributed by atoms with Crippen LogP contribution in [0, 0.1) is 0 Å². The molecule has 2 N–H and O–H groups in total. The predicted molar refractivity (Wildman–Crippen MR) is 116 cm³/mol. The number of hydrogen-bond donors (Lipinski definition) is 2. The van der Waals surface area contributed by atoms with Gasteiger partial charge in [0.05, 0.1) is 11.2 Å². The molecule has 1 heterocycles. The van der Waals surface area contributed by atoms with Gasteiger partial charge in [0.1, 0.15) is 0 Å². The quantitative estimate of drug-likeness (QED) is 0.530. The number of carbonyl (C=O) groups is 2. The van der Waals surface area contributed by atoms with Gasteiger partial charge in [0.25, 0.3) is 5.91 Å². The fourth-order valence-corrected chi connectivity index (χ4v) is 3.42. The number of rotatable bonds is 7. The largest absolute Gasteiger partial charge is 0.441 e. The Hall–Kier alpha value is -2.83. The lowest BCUT2D eigenvalue weighted by molar-refractivity contribution is -0.116. The average Bonchev–Trinajstić information content (AvgIpc) is 3.41. The summed E-state index contributed by atoms with van der Waals surface area (Å²) in [7, 11) is 0. The van der Waals surface area contributed by atoms with Crippen LogP contribution in [0.1, 0.15) is 35.5 Å². The lowest BCUT2D eigenvalue weighted by Gasteiger charge is -2.07. The van der Waals surface area contributed by atoms with E-state index in [0.29, 0.717) is 44.9 Å². The molecule has 0 bridgehead atoms. The molecule has 8 heteroatoms. The summed E-state index contributed by atoms with van der Waals surface area (Å²) in [6.45, 7) is 0. The molecule has 1 aliphatic carbocycles. The van der Waals surface area contributed by atoms with Crippen LogP contribution in [0.4, 0.5) is 5.69 Å². The highest BCUT2D eigenvalue weighted by Gasteiger charge is 2.23. The molecule has 4 rings (SSSR count). The summed E-state index contributed by atoms with van der Waals surface area (Å²) in [6, 6.07) is 12.3. The topological polar surface area (TPSA) is 84.2 Å². The Morgan fingerprint density at radius 1 is 1.13 bits per heavy atom. The molecule has 30 heavy (non-hydrogen) atoms. The van der Waals surface area contributed by atoms with E-state index in [1.165, 1.54) is 0 Å². The molecular weight excluding hydrogens is 425 g/mol. The first kappa shape index (κ1) is 20.4. The molecule has 0 unspecified atom stereocenters. The number of carbonyl (C=O) groups excluding carboxylic acids is 2. The van der Waals surface area contributed by atoms with Crippen LogP contribution < -0.4 is 10.6 Å². The van der Waals surface area contributed by atoms with Crippen molar-refractivity contribution >= 4 is 40.7 Å². The Bertz CT molecular complexity index is 1090. The normalized spacial score (nSPS) is 13.1. The van der Waals surface area contributed by atoms with Crippen LogP contribution in [0.15, 0.2) is 53.1 Å². The third-order valence-corrected chi connectivity index (χ3v) is 5.18. The first-order valence-electron chi connectivity index (χ1n) is 9.59. The zero-order valence-electron chi connectivity index (χ0n) is 16.0. The number of nitrogens with one attached hydrogen (secondary N) is 2. The van der Waals surface area contributed by atoms with Crippen LogP contribution in [0.5, 0.6) is 0 Å². The SMILES string of the molecule is O=C(CCc1ncc(-c2ccc(Cl)cc2Cl)o1)Nc1cccc(C(=O)NC2CC2)c1. The number of benzene rings is 2. The average molecular weight is 444 g/mol. The van der Waals surface area contributed by atoms with E-state index in [2.05, 4.69) is 15.6 Å². The van der Waals surface area contributed by atoms with Gasteiger partial charge in [-0.25, -0.2) is 4.98 Å². The van der Waals surface area contributed by atoms with Crippen molar-refractivity contribution in [2.75, 3.05) is 5.32 Å². The summed E-state index contributed by atoms with van der Waals surface area (Å²) < 4.78 is 5.71. The second-order valence-electron chi connectivity index (χ2n) is 7.12. The van der Waals surface area contributed by atoms with Gasteiger partial charge >= 0.3 is 0 Å². The van der Waals surface area contributed by atoms with Gasteiger partial charge in [0.15, 0.2) is 11.7 Å². The highest BCUT2D eigenvalue weighted by molar-refractivity contribution is 6.36. The van der Waals surface area contributed by atoms with Gasteiger partial charge in [-0.05, 0) is 49.2 Å². The van der Waals surface area contributed by atoms with Gasteiger partial charge in [-0.3, -0.25) is 9.59 Å². The molecule has 6 nitrogen and oxygen atoms in total. The lowest BCUT2D eigenvalue weighted by atomic mass is 10.2. The molecule has 1 saturated carbocycles. The molecule has 0 aliphatic heterocycles. The van der Waals surface area contributed by atoms with Gasteiger partial charge in [-0.15, -0.1) is 0 Å². The molecule has 1 aromatic heterocycles. The Balaban J connectivity index is 1.33. The highest BCUT2D eigenvalue weighted by Crippen LogP contribution is 2.31. The molecule has 3 aromatic rings. The molecule has 0 spiro atoms. The van der Waals surface area contributed by atoms with Crippen LogP contribution in [-0.2, 0) is 11.2 Å². The first-order valence-corrected chi connectivity index (χ1v) is 10.3. The molecule has 0 atom stereocenters. The van der Waals surface area contributed by atoms with Crippen LogP contribution >= 0.6 is 23.2 Å². The Kier molecular flexibility index (Phi) is 6.06. The molecule has 2 amide bonds. The van der Waals surface area contributed by atoms with Gasteiger partial charge in [-0.2, -0.15) is 0 Å². The van der Waals surface area contributed by atoms with E-state index < -0.39 is 0 Å². The fourth-order valence-electron chi connectivity index (χ4n) is 2.92. The lowest BCUT2D eigenvalue weighted by Crippen LogP contribution is -2.25. The van der Waals surface area contributed by atoms with E-state index in [-0.39, 0.29) is 24.3 Å². The standard InChI is InChI=1S/C22H19Cl2N3O3/c23-14-4-7-17(18(24)11-14)19-12-25-21(30-19)9-8-20(28)26-16-3-1-2-13(10-16)22(29)27-15-5-6-15/h1-4,7,10-12,15H,5-6,8-9H2,(H,26,28)(H,27,29). The second kappa shape index (κ2) is 8.90. The third kappa shape index (κ3) is 5.20. The van der Waals surface area contributed by atoms with Crippen LogP contribution in [0.25, 0.3) is 11.3 Å². The maximum absolute atomic E-state index is 12.3. The highest BCUT2D eigenvalue weighted by atomic mass is 35.5. The summed E-state index contributed by atoms with van der Waals surface area (Å²) in [5.41, 5.74) is 1.78. The predicted octanol–water partition coefficient (Wildman–Crippen LogP) is 5.11. The van der Waals surface area contributed by atoms with Crippen molar-refractivity contribution in [2.45, 2.75) is 31.7 Å². The van der Waals surface area contributed by atoms with E-state index in [4.69, 9.17) is 27.6 Å². The summed E-state index contributed by atoms with van der Waals surface area (Å²) in [4.78, 5) is 28.7. The third-order valence-electron chi connectivity index (χ3n) is 4.64. The molecule has 0 radical (unpaired) electrons. The van der Waals surface area contributed by atoms with Crippen molar-refractivity contribution in [2.24, 2.45) is 0 Å². The Labute approximate surface area is 183 Å². The number of halogens is 2. The summed E-state index contributed by atoms with van der Waals surface area (Å²) >= 11 is 12.1. The maximum atomic E-state index is 12.3. The maximum Gasteiger partial charge on any atom is 0.251 e. The molecule has 1 fully saturated rings. The van der Waals surface area contributed by atoms with Crippen molar-refractivity contribution in [3.05, 3.63) is 70.2 Å². The van der Waals surface area contributed by atoms with E-state index >= 15 is 0 Å². The number of oxazole rings is 1. The Morgan fingerprint density at radius 2 is 1.97 bits per heavy atom. The van der Waals surface area contributed by atoms with E-state index in [0.717, 1.165) is 12.8 Å². The molecular formula is C22H19Cl2N3O3. The van der Waals surface area contributed by atoms with Gasteiger partial charge in [0.2, 0.25) is 5.91 Å². The number of amides is 2. The van der Waals surface area contributed by atoms with Gasteiger partial charge in [-0.1, -0.05) is 29.3 Å². The molecule has 1 aliphatic rings. The summed E-state index contributed by atoms with van der Waals surface area (Å²) in [6.07, 6.45) is 4.14. The smallest absolute Gasteiger partial charge is 0.251 e. The fraction of sp³-hybridized carbons (Fsp3) is 0.227. The van der Waals surface area contributed by atoms with Crippen LogP contribution in [0.3, 0.4) is 0 Å². The Morgan fingerprint density at radius 3 is 2.73 bits per heavy atom. The monoisotopic (exact) mass is 443 g/mol. The minimum absolute atomic E-state index is 0.123. The van der Waals surface area contributed by atoms with Gasteiger partial charge < -0.3 is 15.1 Å². The van der Waals surface area contributed by atoms with Gasteiger partial charge in [0, 0.05) is 40.7 Å². The second-order valence-corrected chi connectivity index (χ2v) is 7.96. The van der Waals surface area contributed by atoms with Crippen molar-refractivity contribution in [1.82, 2.24) is 10.3 Å². The minimum atomic E-state index is -0.195. The van der Waals surface area contributed by atoms with Crippen molar-refractivity contribution in [1.29, 1.82) is 0 Å². The summed E-state index contributed by atoms with van der Waals surface area (Å²) in [5, 5.41) is 6.74. The number of aryl methyl sites for hydroxylation is 1. The zero-order chi connectivity index (χ0) is 21.1. The molecule has 2 aromatic carbocycles. The van der Waals surface area contributed by atoms with E-state index in [1.807, 2.05) is 0 Å². The van der Waals surface area contributed by atoms with E-state index in [1.54, 1.807) is 48.7 Å². The first-order chi connectivity index (χ1) is 14.5. The molecule has 0 saturated heterocycles. The number of hydrogen-bond acceptors (Lipinski definition) is 4. The van der Waals surface area contributed by atoms with E-state index in [9.17, 15) is 9.59 Å². The minimum Gasteiger partial charge on any atom is -0.441 e.